The van der Waals surface area contributed by atoms with Gasteiger partial charge in [-0.2, -0.15) is 10.2 Å². The summed E-state index contributed by atoms with van der Waals surface area (Å²) in [4.78, 5) is 12.2. The topological polar surface area (TPSA) is 74.0 Å². The number of nitrogens with zero attached hydrogens (tertiary/aromatic N) is 4. The first-order valence-corrected chi connectivity index (χ1v) is 7.07. The van der Waals surface area contributed by atoms with Gasteiger partial charge in [0.15, 0.2) is 0 Å². The predicted octanol–water partition coefficient (Wildman–Crippen LogP) is 2.11. The van der Waals surface area contributed by atoms with Crippen molar-refractivity contribution in [1.29, 1.82) is 0 Å². The third-order valence-corrected chi connectivity index (χ3v) is 3.21. The lowest BCUT2D eigenvalue weighted by Gasteiger charge is -2.05. The van der Waals surface area contributed by atoms with Crippen LogP contribution in [0.1, 0.15) is 24.3 Å². The Kier molecular flexibility index (Phi) is 4.91. The standard InChI is InChI=1S/C12H16BrN5O2/c1-3-18-11(10(13)6-15-18)12(19)16-9-5-14-17(7-9)8-20-4-2/h5-7H,3-4,8H2,1-2H3,(H,16,19). The molecule has 0 bridgehead atoms. The molecule has 0 saturated heterocycles. The maximum absolute atomic E-state index is 12.2. The zero-order chi connectivity index (χ0) is 14.5. The molecule has 20 heavy (non-hydrogen) atoms. The molecular weight excluding hydrogens is 326 g/mol. The highest BCUT2D eigenvalue weighted by molar-refractivity contribution is 9.10. The Labute approximate surface area is 125 Å². The molecule has 0 spiro atoms. The van der Waals surface area contributed by atoms with Crippen molar-refractivity contribution >= 4 is 27.5 Å². The van der Waals surface area contributed by atoms with Crippen LogP contribution in [0.4, 0.5) is 5.69 Å². The molecule has 2 rings (SSSR count). The van der Waals surface area contributed by atoms with Gasteiger partial charge in [-0.15, -0.1) is 0 Å². The first kappa shape index (κ1) is 14.7. The van der Waals surface area contributed by atoms with Crippen molar-refractivity contribution in [2.75, 3.05) is 11.9 Å². The van der Waals surface area contributed by atoms with Gasteiger partial charge in [-0.25, -0.2) is 4.68 Å². The summed E-state index contributed by atoms with van der Waals surface area (Å²) < 4.78 is 9.14. The second kappa shape index (κ2) is 6.67. The molecule has 0 aliphatic heterocycles. The van der Waals surface area contributed by atoms with Gasteiger partial charge in [0.25, 0.3) is 5.91 Å². The van der Waals surface area contributed by atoms with E-state index in [1.807, 2.05) is 13.8 Å². The van der Waals surface area contributed by atoms with E-state index in [2.05, 4.69) is 31.4 Å². The van der Waals surface area contributed by atoms with Gasteiger partial charge < -0.3 is 10.1 Å². The summed E-state index contributed by atoms with van der Waals surface area (Å²) >= 11 is 3.33. The number of carbonyl (C=O) groups excluding carboxylic acids is 1. The van der Waals surface area contributed by atoms with Crippen molar-refractivity contribution in [1.82, 2.24) is 19.6 Å². The molecule has 2 aromatic heterocycles. The van der Waals surface area contributed by atoms with Gasteiger partial charge in [0, 0.05) is 13.2 Å². The van der Waals surface area contributed by atoms with Gasteiger partial charge >= 0.3 is 0 Å². The van der Waals surface area contributed by atoms with Crippen LogP contribution in [0.3, 0.4) is 0 Å². The average molecular weight is 342 g/mol. The molecule has 0 aromatic carbocycles. The van der Waals surface area contributed by atoms with Crippen LogP contribution < -0.4 is 5.32 Å². The highest BCUT2D eigenvalue weighted by atomic mass is 79.9. The molecule has 0 aliphatic carbocycles. The van der Waals surface area contributed by atoms with E-state index in [0.29, 0.717) is 35.7 Å². The number of amides is 1. The van der Waals surface area contributed by atoms with E-state index in [1.54, 1.807) is 28.0 Å². The molecular formula is C12H16BrN5O2. The van der Waals surface area contributed by atoms with Gasteiger partial charge in [-0.1, -0.05) is 0 Å². The predicted molar refractivity (Wildman–Crippen MR) is 77.4 cm³/mol. The minimum absolute atomic E-state index is 0.229. The third-order valence-electron chi connectivity index (χ3n) is 2.63. The lowest BCUT2D eigenvalue weighted by Crippen LogP contribution is -2.17. The van der Waals surface area contributed by atoms with Crippen LogP contribution in [-0.4, -0.2) is 32.1 Å². The molecule has 0 aliphatic rings. The lowest BCUT2D eigenvalue weighted by molar-refractivity contribution is 0.0792. The minimum Gasteiger partial charge on any atom is -0.360 e. The van der Waals surface area contributed by atoms with Crippen molar-refractivity contribution in [2.24, 2.45) is 0 Å². The van der Waals surface area contributed by atoms with Crippen molar-refractivity contribution in [2.45, 2.75) is 27.1 Å². The maximum atomic E-state index is 12.2. The molecule has 0 unspecified atom stereocenters. The van der Waals surface area contributed by atoms with E-state index in [-0.39, 0.29) is 5.91 Å². The van der Waals surface area contributed by atoms with E-state index >= 15 is 0 Å². The number of rotatable bonds is 6. The van der Waals surface area contributed by atoms with E-state index in [1.165, 1.54) is 0 Å². The van der Waals surface area contributed by atoms with E-state index in [4.69, 9.17) is 4.74 Å². The molecule has 108 valence electrons. The van der Waals surface area contributed by atoms with Crippen LogP contribution in [-0.2, 0) is 18.0 Å². The second-order valence-corrected chi connectivity index (χ2v) is 4.86. The number of hydrogen-bond acceptors (Lipinski definition) is 4. The fourth-order valence-corrected chi connectivity index (χ4v) is 2.18. The summed E-state index contributed by atoms with van der Waals surface area (Å²) in [5.41, 5.74) is 1.11. The smallest absolute Gasteiger partial charge is 0.275 e. The fraction of sp³-hybridized carbons (Fsp3) is 0.417. The number of hydrogen-bond donors (Lipinski definition) is 1. The number of aromatic nitrogens is 4. The molecule has 1 amide bonds. The van der Waals surface area contributed by atoms with Crippen LogP contribution >= 0.6 is 15.9 Å². The van der Waals surface area contributed by atoms with Gasteiger partial charge in [-0.05, 0) is 29.8 Å². The summed E-state index contributed by atoms with van der Waals surface area (Å²) in [6.45, 7) is 5.44. The summed E-state index contributed by atoms with van der Waals surface area (Å²) in [6.07, 6.45) is 4.91. The number of aryl methyl sites for hydroxylation is 1. The Hall–Kier alpha value is -1.67. The first-order valence-electron chi connectivity index (χ1n) is 6.28. The highest BCUT2D eigenvalue weighted by Gasteiger charge is 2.17. The lowest BCUT2D eigenvalue weighted by atomic mass is 10.4. The molecule has 0 radical (unpaired) electrons. The minimum atomic E-state index is -0.229. The largest absolute Gasteiger partial charge is 0.360 e. The number of anilines is 1. The van der Waals surface area contributed by atoms with Crippen LogP contribution in [0.5, 0.6) is 0 Å². The fourth-order valence-electron chi connectivity index (χ4n) is 1.70. The monoisotopic (exact) mass is 341 g/mol. The van der Waals surface area contributed by atoms with Crippen molar-refractivity contribution < 1.29 is 9.53 Å². The molecule has 1 N–H and O–H groups in total. The SMILES string of the molecule is CCOCn1cc(NC(=O)c2c(Br)cnn2CC)cn1. The summed E-state index contributed by atoms with van der Waals surface area (Å²) in [6, 6.07) is 0. The zero-order valence-electron chi connectivity index (χ0n) is 11.3. The Morgan fingerprint density at radius 2 is 2.20 bits per heavy atom. The molecule has 7 nitrogen and oxygen atoms in total. The van der Waals surface area contributed by atoms with Gasteiger partial charge in [-0.3, -0.25) is 9.48 Å². The molecule has 2 aromatic rings. The number of ether oxygens (including phenoxy) is 1. The Morgan fingerprint density at radius 1 is 1.40 bits per heavy atom. The maximum Gasteiger partial charge on any atom is 0.275 e. The number of halogens is 1. The quantitative estimate of drug-likeness (QED) is 0.873. The zero-order valence-corrected chi connectivity index (χ0v) is 12.9. The number of carbonyl (C=O) groups is 1. The van der Waals surface area contributed by atoms with E-state index < -0.39 is 0 Å². The normalized spacial score (nSPS) is 10.8. The van der Waals surface area contributed by atoms with E-state index in [9.17, 15) is 4.79 Å². The van der Waals surface area contributed by atoms with Gasteiger partial charge in [0.1, 0.15) is 12.4 Å². The number of nitrogens with one attached hydrogen (secondary N) is 1. The van der Waals surface area contributed by atoms with Crippen LogP contribution in [0.2, 0.25) is 0 Å². The molecule has 0 saturated carbocycles. The Morgan fingerprint density at radius 3 is 2.90 bits per heavy atom. The summed E-state index contributed by atoms with van der Waals surface area (Å²) in [5, 5.41) is 11.0. The highest BCUT2D eigenvalue weighted by Crippen LogP contribution is 2.17. The molecule has 0 atom stereocenters. The van der Waals surface area contributed by atoms with Crippen LogP contribution in [0, 0.1) is 0 Å². The van der Waals surface area contributed by atoms with Crippen molar-refractivity contribution in [3.8, 4) is 0 Å². The summed E-state index contributed by atoms with van der Waals surface area (Å²) in [7, 11) is 0. The van der Waals surface area contributed by atoms with Gasteiger partial charge in [0.2, 0.25) is 0 Å². The molecule has 8 heteroatoms. The average Bonchev–Trinajstić information content (AvgIpc) is 3.02. The van der Waals surface area contributed by atoms with Gasteiger partial charge in [0.05, 0.1) is 28.8 Å². The van der Waals surface area contributed by atoms with Crippen LogP contribution in [0.25, 0.3) is 0 Å². The van der Waals surface area contributed by atoms with Crippen molar-refractivity contribution in [3.63, 3.8) is 0 Å². The van der Waals surface area contributed by atoms with E-state index in [0.717, 1.165) is 0 Å². The first-order chi connectivity index (χ1) is 9.65. The van der Waals surface area contributed by atoms with Crippen molar-refractivity contribution in [3.05, 3.63) is 28.8 Å². The second-order valence-electron chi connectivity index (χ2n) is 4.00. The molecule has 0 fully saturated rings. The Balaban J connectivity index is 2.07. The summed E-state index contributed by atoms with van der Waals surface area (Å²) in [5.74, 6) is -0.229. The third kappa shape index (κ3) is 3.26. The van der Waals surface area contributed by atoms with Crippen LogP contribution in [0.15, 0.2) is 23.1 Å². The Bertz CT molecular complexity index is 592. The molecule has 2 heterocycles.